The van der Waals surface area contributed by atoms with Crippen LogP contribution in [0.1, 0.15) is 19.0 Å². The zero-order valence-corrected chi connectivity index (χ0v) is 9.55. The quantitative estimate of drug-likeness (QED) is 0.786. The molecule has 0 aromatic carbocycles. The van der Waals surface area contributed by atoms with E-state index in [9.17, 15) is 13.2 Å². The number of nitrogens with one attached hydrogen (secondary N) is 1. The molecule has 0 radical (unpaired) electrons. The summed E-state index contributed by atoms with van der Waals surface area (Å²) in [5.41, 5.74) is -0.882. The lowest BCUT2D eigenvalue weighted by Crippen LogP contribution is -2.11. The SMILES string of the molecule is CCOCCCNc1cccc(C(F)(F)F)n1. The third kappa shape index (κ3) is 5.04. The molecule has 6 heteroatoms. The molecule has 1 heterocycles. The lowest BCUT2D eigenvalue weighted by molar-refractivity contribution is -0.141. The predicted molar refractivity (Wildman–Crippen MR) is 58.8 cm³/mol. The summed E-state index contributed by atoms with van der Waals surface area (Å²) in [4.78, 5) is 3.48. The topological polar surface area (TPSA) is 34.1 Å². The van der Waals surface area contributed by atoms with Gasteiger partial charge in [0.1, 0.15) is 11.5 Å². The van der Waals surface area contributed by atoms with Crippen molar-refractivity contribution >= 4 is 5.82 Å². The van der Waals surface area contributed by atoms with Gasteiger partial charge in [-0.15, -0.1) is 0 Å². The summed E-state index contributed by atoms with van der Waals surface area (Å²) >= 11 is 0. The summed E-state index contributed by atoms with van der Waals surface area (Å²) in [5, 5.41) is 2.82. The van der Waals surface area contributed by atoms with Crippen molar-refractivity contribution in [2.45, 2.75) is 19.5 Å². The maximum Gasteiger partial charge on any atom is 0.433 e. The first-order valence-corrected chi connectivity index (χ1v) is 5.40. The van der Waals surface area contributed by atoms with Crippen molar-refractivity contribution < 1.29 is 17.9 Å². The van der Waals surface area contributed by atoms with E-state index in [1.807, 2.05) is 6.92 Å². The molecule has 1 N–H and O–H groups in total. The zero-order valence-electron chi connectivity index (χ0n) is 9.55. The molecule has 0 saturated carbocycles. The highest BCUT2D eigenvalue weighted by atomic mass is 19.4. The zero-order chi connectivity index (χ0) is 12.7. The van der Waals surface area contributed by atoms with E-state index < -0.39 is 11.9 Å². The fraction of sp³-hybridized carbons (Fsp3) is 0.545. The summed E-state index contributed by atoms with van der Waals surface area (Å²) in [6, 6.07) is 3.79. The first kappa shape index (κ1) is 13.8. The highest BCUT2D eigenvalue weighted by Crippen LogP contribution is 2.27. The first-order chi connectivity index (χ1) is 8.04. The van der Waals surface area contributed by atoms with Crippen molar-refractivity contribution in [2.75, 3.05) is 25.1 Å². The lowest BCUT2D eigenvalue weighted by Gasteiger charge is -2.09. The molecule has 0 saturated heterocycles. The molecule has 1 rings (SSSR count). The van der Waals surface area contributed by atoms with Gasteiger partial charge in [0.05, 0.1) is 0 Å². The molecule has 1 aromatic heterocycles. The Kier molecular flexibility index (Phi) is 5.21. The molecule has 0 amide bonds. The number of rotatable bonds is 6. The minimum Gasteiger partial charge on any atom is -0.382 e. The number of halogens is 3. The van der Waals surface area contributed by atoms with Gasteiger partial charge in [0.25, 0.3) is 0 Å². The molecule has 0 atom stereocenters. The second-order valence-corrected chi connectivity index (χ2v) is 3.38. The fourth-order valence-corrected chi connectivity index (χ4v) is 1.23. The molecule has 3 nitrogen and oxygen atoms in total. The highest BCUT2D eigenvalue weighted by molar-refractivity contribution is 5.35. The summed E-state index contributed by atoms with van der Waals surface area (Å²) in [7, 11) is 0. The van der Waals surface area contributed by atoms with Crippen LogP contribution in [-0.2, 0) is 10.9 Å². The average molecular weight is 248 g/mol. The molecule has 0 unspecified atom stereocenters. The standard InChI is InChI=1S/C11H15F3N2O/c1-2-17-8-4-7-15-10-6-3-5-9(16-10)11(12,13)14/h3,5-6H,2,4,7-8H2,1H3,(H,15,16). The second-order valence-electron chi connectivity index (χ2n) is 3.38. The number of anilines is 1. The molecular formula is C11H15F3N2O. The van der Waals surface area contributed by atoms with Crippen molar-refractivity contribution in [3.8, 4) is 0 Å². The maximum atomic E-state index is 12.3. The van der Waals surface area contributed by atoms with Crippen molar-refractivity contribution in [3.05, 3.63) is 23.9 Å². The van der Waals surface area contributed by atoms with Gasteiger partial charge >= 0.3 is 6.18 Å². The van der Waals surface area contributed by atoms with E-state index in [4.69, 9.17) is 4.74 Å². The third-order valence-corrected chi connectivity index (χ3v) is 2.02. The Labute approximate surface area is 98.0 Å². The molecule has 0 spiro atoms. The van der Waals surface area contributed by atoms with Gasteiger partial charge in [-0.05, 0) is 25.5 Å². The van der Waals surface area contributed by atoms with Crippen LogP contribution in [-0.4, -0.2) is 24.7 Å². The Morgan fingerprint density at radius 1 is 1.35 bits per heavy atom. The number of hydrogen-bond donors (Lipinski definition) is 1. The number of pyridine rings is 1. The Hall–Kier alpha value is -1.30. The van der Waals surface area contributed by atoms with Gasteiger partial charge in [0, 0.05) is 19.8 Å². The summed E-state index contributed by atoms with van der Waals surface area (Å²) in [5.74, 6) is 0.233. The third-order valence-electron chi connectivity index (χ3n) is 2.02. The number of aromatic nitrogens is 1. The average Bonchev–Trinajstić information content (AvgIpc) is 2.28. The fourth-order valence-electron chi connectivity index (χ4n) is 1.23. The number of nitrogens with zero attached hydrogens (tertiary/aromatic N) is 1. The molecule has 0 aliphatic heterocycles. The summed E-state index contributed by atoms with van der Waals surface area (Å²) in [6.45, 7) is 3.65. The van der Waals surface area contributed by atoms with E-state index in [0.29, 0.717) is 19.8 Å². The Bertz CT molecular complexity index is 342. The molecule has 0 bridgehead atoms. The summed E-state index contributed by atoms with van der Waals surface area (Å²) < 4.78 is 42.1. The molecule has 17 heavy (non-hydrogen) atoms. The van der Waals surface area contributed by atoms with Crippen LogP contribution in [0.4, 0.5) is 19.0 Å². The van der Waals surface area contributed by atoms with Crippen LogP contribution in [0.2, 0.25) is 0 Å². The van der Waals surface area contributed by atoms with E-state index in [1.54, 1.807) is 0 Å². The van der Waals surface area contributed by atoms with Gasteiger partial charge in [0.15, 0.2) is 0 Å². The Balaban J connectivity index is 2.44. The van der Waals surface area contributed by atoms with E-state index in [1.165, 1.54) is 12.1 Å². The number of ether oxygens (including phenoxy) is 1. The normalized spacial score (nSPS) is 11.5. The number of alkyl halides is 3. The van der Waals surface area contributed by atoms with E-state index in [2.05, 4.69) is 10.3 Å². The van der Waals surface area contributed by atoms with Gasteiger partial charge in [-0.1, -0.05) is 6.07 Å². The molecule has 0 fully saturated rings. The van der Waals surface area contributed by atoms with Crippen molar-refractivity contribution in [1.82, 2.24) is 4.98 Å². The Morgan fingerprint density at radius 2 is 2.12 bits per heavy atom. The van der Waals surface area contributed by atoms with Crippen molar-refractivity contribution in [2.24, 2.45) is 0 Å². The van der Waals surface area contributed by atoms with E-state index in [0.717, 1.165) is 12.5 Å². The van der Waals surface area contributed by atoms with Crippen LogP contribution in [0.5, 0.6) is 0 Å². The van der Waals surface area contributed by atoms with Gasteiger partial charge in [-0.3, -0.25) is 0 Å². The minimum absolute atomic E-state index is 0.233. The molecule has 0 aliphatic rings. The van der Waals surface area contributed by atoms with Crippen molar-refractivity contribution in [1.29, 1.82) is 0 Å². The van der Waals surface area contributed by atoms with E-state index >= 15 is 0 Å². The van der Waals surface area contributed by atoms with Crippen LogP contribution in [0.3, 0.4) is 0 Å². The molecular weight excluding hydrogens is 233 g/mol. The lowest BCUT2D eigenvalue weighted by atomic mass is 10.3. The van der Waals surface area contributed by atoms with Gasteiger partial charge in [0.2, 0.25) is 0 Å². The smallest absolute Gasteiger partial charge is 0.382 e. The van der Waals surface area contributed by atoms with Crippen LogP contribution in [0.25, 0.3) is 0 Å². The number of hydrogen-bond acceptors (Lipinski definition) is 3. The van der Waals surface area contributed by atoms with Crippen LogP contribution < -0.4 is 5.32 Å². The molecule has 96 valence electrons. The second kappa shape index (κ2) is 6.44. The Morgan fingerprint density at radius 3 is 2.76 bits per heavy atom. The van der Waals surface area contributed by atoms with Crippen LogP contribution in [0, 0.1) is 0 Å². The van der Waals surface area contributed by atoms with E-state index in [-0.39, 0.29) is 5.82 Å². The summed E-state index contributed by atoms with van der Waals surface area (Å²) in [6.07, 6.45) is -3.67. The van der Waals surface area contributed by atoms with Crippen molar-refractivity contribution in [3.63, 3.8) is 0 Å². The van der Waals surface area contributed by atoms with Crippen LogP contribution >= 0.6 is 0 Å². The molecule has 0 aliphatic carbocycles. The maximum absolute atomic E-state index is 12.3. The van der Waals surface area contributed by atoms with Gasteiger partial charge in [-0.2, -0.15) is 13.2 Å². The minimum atomic E-state index is -4.40. The largest absolute Gasteiger partial charge is 0.433 e. The van der Waals surface area contributed by atoms with Crippen LogP contribution in [0.15, 0.2) is 18.2 Å². The first-order valence-electron chi connectivity index (χ1n) is 5.40. The van der Waals surface area contributed by atoms with Gasteiger partial charge < -0.3 is 10.1 Å². The van der Waals surface area contributed by atoms with Gasteiger partial charge in [-0.25, -0.2) is 4.98 Å². The molecule has 1 aromatic rings. The predicted octanol–water partition coefficient (Wildman–Crippen LogP) is 2.94. The monoisotopic (exact) mass is 248 g/mol. The highest BCUT2D eigenvalue weighted by Gasteiger charge is 2.32.